The first-order chi connectivity index (χ1) is 15.2. The molecule has 0 atom stereocenters. The summed E-state index contributed by atoms with van der Waals surface area (Å²) in [6.45, 7) is -0.726. The largest absolute Gasteiger partial charge is 0.497 e. The number of sulfonamides is 1. The van der Waals surface area contributed by atoms with E-state index in [0.717, 1.165) is 10.6 Å². The highest BCUT2D eigenvalue weighted by Gasteiger charge is 2.24. The minimum absolute atomic E-state index is 0.0146. The van der Waals surface area contributed by atoms with Crippen LogP contribution in [0.15, 0.2) is 53.1 Å². The molecule has 32 heavy (non-hydrogen) atoms. The maximum absolute atomic E-state index is 14.0. The van der Waals surface area contributed by atoms with Gasteiger partial charge in [-0.25, -0.2) is 12.8 Å². The first-order valence-corrected chi connectivity index (χ1v) is 11.4. The smallest absolute Gasteiger partial charge is 0.246 e. The first kappa shape index (κ1) is 23.4. The van der Waals surface area contributed by atoms with Crippen molar-refractivity contribution < 1.29 is 26.9 Å². The number of nitrogens with zero attached hydrogens (tertiary/aromatic N) is 4. The van der Waals surface area contributed by atoms with Gasteiger partial charge in [0.05, 0.1) is 26.5 Å². The standard InChI is InChI=1S/C21H23FN4O5S/c1-25(13-19-23-21(24-31-19)15-8-10-17(30-2)11-9-15)20(27)14-26(32(3,28)29)12-16-6-4-5-7-18(16)22/h4-11H,12-14H2,1-3H3. The van der Waals surface area contributed by atoms with Crippen molar-refractivity contribution in [2.24, 2.45) is 0 Å². The molecule has 9 nitrogen and oxygen atoms in total. The average molecular weight is 463 g/mol. The van der Waals surface area contributed by atoms with Crippen molar-refractivity contribution in [1.82, 2.24) is 19.3 Å². The Bertz CT molecular complexity index is 1180. The summed E-state index contributed by atoms with van der Waals surface area (Å²) in [6.07, 6.45) is 0.972. The fraction of sp³-hybridized carbons (Fsp3) is 0.286. The normalized spacial score (nSPS) is 11.5. The van der Waals surface area contributed by atoms with Crippen molar-refractivity contribution in [3.8, 4) is 17.1 Å². The Labute approximate surface area is 185 Å². The Hall–Kier alpha value is -3.31. The molecule has 0 aliphatic heterocycles. The highest BCUT2D eigenvalue weighted by Crippen LogP contribution is 2.20. The molecule has 1 aromatic heterocycles. The van der Waals surface area contributed by atoms with Crippen molar-refractivity contribution in [2.45, 2.75) is 13.1 Å². The third-order valence-corrected chi connectivity index (χ3v) is 5.90. The van der Waals surface area contributed by atoms with Gasteiger partial charge in [0.2, 0.25) is 27.6 Å². The predicted octanol–water partition coefficient (Wildman–Crippen LogP) is 2.30. The SMILES string of the molecule is COc1ccc(-c2noc(CN(C)C(=O)CN(Cc3ccccc3F)S(C)(=O)=O)n2)cc1. The monoisotopic (exact) mass is 462 g/mol. The number of rotatable bonds is 9. The second kappa shape index (κ2) is 9.88. The van der Waals surface area contributed by atoms with E-state index >= 15 is 0 Å². The molecule has 1 heterocycles. The molecular weight excluding hydrogens is 439 g/mol. The molecule has 2 aromatic carbocycles. The van der Waals surface area contributed by atoms with E-state index in [1.54, 1.807) is 37.4 Å². The number of halogens is 1. The molecule has 0 saturated carbocycles. The van der Waals surface area contributed by atoms with Crippen molar-refractivity contribution >= 4 is 15.9 Å². The van der Waals surface area contributed by atoms with Crippen LogP contribution in [0.4, 0.5) is 4.39 Å². The van der Waals surface area contributed by atoms with Gasteiger partial charge >= 0.3 is 0 Å². The van der Waals surface area contributed by atoms with Crippen molar-refractivity contribution in [2.75, 3.05) is 27.0 Å². The van der Waals surface area contributed by atoms with Gasteiger partial charge < -0.3 is 14.2 Å². The van der Waals surface area contributed by atoms with Gasteiger partial charge in [0.25, 0.3) is 0 Å². The summed E-state index contributed by atoms with van der Waals surface area (Å²) >= 11 is 0. The third-order valence-electron chi connectivity index (χ3n) is 4.70. The first-order valence-electron chi connectivity index (χ1n) is 9.57. The van der Waals surface area contributed by atoms with Gasteiger partial charge in [0.15, 0.2) is 0 Å². The zero-order valence-electron chi connectivity index (χ0n) is 17.9. The zero-order valence-corrected chi connectivity index (χ0v) is 18.7. The van der Waals surface area contributed by atoms with E-state index in [4.69, 9.17) is 9.26 Å². The summed E-state index contributed by atoms with van der Waals surface area (Å²) in [7, 11) is -0.707. The van der Waals surface area contributed by atoms with E-state index in [1.807, 2.05) is 0 Å². The van der Waals surface area contributed by atoms with Crippen LogP contribution in [0.3, 0.4) is 0 Å². The van der Waals surface area contributed by atoms with Crippen LogP contribution in [0, 0.1) is 5.82 Å². The number of likely N-dealkylation sites (N-methyl/N-ethyl adjacent to an activating group) is 1. The second-order valence-corrected chi connectivity index (χ2v) is 9.09. The minimum Gasteiger partial charge on any atom is -0.497 e. The molecule has 0 aliphatic carbocycles. The lowest BCUT2D eigenvalue weighted by Crippen LogP contribution is -2.40. The van der Waals surface area contributed by atoms with Gasteiger partial charge in [-0.2, -0.15) is 9.29 Å². The molecule has 11 heteroatoms. The number of carbonyl (C=O) groups excluding carboxylic acids is 1. The minimum atomic E-state index is -3.76. The molecule has 0 bridgehead atoms. The number of amides is 1. The van der Waals surface area contributed by atoms with E-state index in [0.29, 0.717) is 17.1 Å². The summed E-state index contributed by atoms with van der Waals surface area (Å²) < 4.78 is 49.5. The number of ether oxygens (including phenoxy) is 1. The van der Waals surface area contributed by atoms with E-state index in [1.165, 1.54) is 30.1 Å². The van der Waals surface area contributed by atoms with E-state index in [2.05, 4.69) is 10.1 Å². The van der Waals surface area contributed by atoms with Crippen LogP contribution in [0.1, 0.15) is 11.5 Å². The van der Waals surface area contributed by atoms with Gasteiger partial charge in [-0.15, -0.1) is 0 Å². The Morgan fingerprint density at radius 1 is 1.12 bits per heavy atom. The topological polar surface area (TPSA) is 106 Å². The third kappa shape index (κ3) is 5.89. The lowest BCUT2D eigenvalue weighted by atomic mass is 10.2. The molecule has 3 rings (SSSR count). The van der Waals surface area contributed by atoms with E-state index in [9.17, 15) is 17.6 Å². The van der Waals surface area contributed by atoms with Crippen molar-refractivity contribution in [3.05, 3.63) is 65.8 Å². The summed E-state index contributed by atoms with van der Waals surface area (Å²) in [5.41, 5.74) is 0.886. The lowest BCUT2D eigenvalue weighted by molar-refractivity contribution is -0.131. The lowest BCUT2D eigenvalue weighted by Gasteiger charge is -2.23. The number of hydrogen-bond donors (Lipinski definition) is 0. The molecule has 0 aliphatic rings. The highest BCUT2D eigenvalue weighted by atomic mass is 32.2. The van der Waals surface area contributed by atoms with Gasteiger partial charge in [-0.3, -0.25) is 4.79 Å². The zero-order chi connectivity index (χ0) is 23.3. The summed E-state index contributed by atoms with van der Waals surface area (Å²) in [4.78, 5) is 18.2. The maximum atomic E-state index is 14.0. The Balaban J connectivity index is 1.66. The molecule has 170 valence electrons. The number of hydrogen-bond acceptors (Lipinski definition) is 7. The molecule has 0 fully saturated rings. The van der Waals surface area contributed by atoms with Gasteiger partial charge in [-0.05, 0) is 30.3 Å². The number of aromatic nitrogens is 2. The quantitative estimate of drug-likeness (QED) is 0.480. The molecule has 1 amide bonds. The summed E-state index contributed by atoms with van der Waals surface area (Å²) in [6, 6.07) is 12.9. The summed E-state index contributed by atoms with van der Waals surface area (Å²) in [5, 5.41) is 3.91. The van der Waals surface area contributed by atoms with Crippen LogP contribution in [0.2, 0.25) is 0 Å². The van der Waals surface area contributed by atoms with Crippen LogP contribution >= 0.6 is 0 Å². The molecule has 0 N–H and O–H groups in total. The predicted molar refractivity (Wildman–Crippen MR) is 114 cm³/mol. The Morgan fingerprint density at radius 3 is 2.44 bits per heavy atom. The van der Waals surface area contributed by atoms with Crippen molar-refractivity contribution in [1.29, 1.82) is 0 Å². The fourth-order valence-electron chi connectivity index (χ4n) is 2.85. The number of methoxy groups -OCH3 is 1. The maximum Gasteiger partial charge on any atom is 0.246 e. The molecule has 0 spiro atoms. The average Bonchev–Trinajstić information content (AvgIpc) is 3.22. The number of benzene rings is 2. The molecule has 0 radical (unpaired) electrons. The Morgan fingerprint density at radius 2 is 1.81 bits per heavy atom. The van der Waals surface area contributed by atoms with Gasteiger partial charge in [0.1, 0.15) is 11.6 Å². The van der Waals surface area contributed by atoms with Crippen LogP contribution in [-0.4, -0.2) is 60.6 Å². The molecular formula is C21H23FN4O5S. The second-order valence-electron chi connectivity index (χ2n) is 7.11. The van der Waals surface area contributed by atoms with E-state index < -0.39 is 28.3 Å². The molecule has 0 saturated heterocycles. The molecule has 3 aromatic rings. The van der Waals surface area contributed by atoms with Gasteiger partial charge in [-0.1, -0.05) is 23.4 Å². The van der Waals surface area contributed by atoms with Crippen LogP contribution in [0.5, 0.6) is 5.75 Å². The van der Waals surface area contributed by atoms with Gasteiger partial charge in [0, 0.05) is 24.7 Å². The fourth-order valence-corrected chi connectivity index (χ4v) is 3.56. The summed E-state index contributed by atoms with van der Waals surface area (Å²) in [5.74, 6) is 0.177. The number of carbonyl (C=O) groups is 1. The van der Waals surface area contributed by atoms with Crippen molar-refractivity contribution in [3.63, 3.8) is 0 Å². The van der Waals surface area contributed by atoms with Crippen LogP contribution in [0.25, 0.3) is 11.4 Å². The molecule has 0 unspecified atom stereocenters. The van der Waals surface area contributed by atoms with Crippen LogP contribution in [-0.2, 0) is 27.9 Å². The van der Waals surface area contributed by atoms with Crippen LogP contribution < -0.4 is 4.74 Å². The Kier molecular flexibility index (Phi) is 7.21. The van der Waals surface area contributed by atoms with E-state index in [-0.39, 0.29) is 24.5 Å². The highest BCUT2D eigenvalue weighted by molar-refractivity contribution is 7.88.